The van der Waals surface area contributed by atoms with E-state index in [9.17, 15) is 4.79 Å². The van der Waals surface area contributed by atoms with Crippen molar-refractivity contribution in [1.82, 2.24) is 10.2 Å². The number of nitrogens with one attached hydrogen (secondary N) is 1. The number of carbonyl (C=O) groups excluding carboxylic acids is 1. The van der Waals surface area contributed by atoms with Crippen molar-refractivity contribution in [3.8, 4) is 11.5 Å². The summed E-state index contributed by atoms with van der Waals surface area (Å²) >= 11 is 0. The van der Waals surface area contributed by atoms with Gasteiger partial charge in [0.2, 0.25) is 0 Å². The molecule has 20 heavy (non-hydrogen) atoms. The molecule has 1 saturated heterocycles. The fourth-order valence-corrected chi connectivity index (χ4v) is 2.06. The molecular formula is C14H21N3O3. The van der Waals surface area contributed by atoms with Gasteiger partial charge in [0.05, 0.1) is 13.2 Å². The van der Waals surface area contributed by atoms with Crippen molar-refractivity contribution in [2.24, 2.45) is 5.73 Å². The van der Waals surface area contributed by atoms with Crippen LogP contribution in [0.4, 0.5) is 4.79 Å². The summed E-state index contributed by atoms with van der Waals surface area (Å²) in [6.45, 7) is 5.40. The third-order valence-electron chi connectivity index (χ3n) is 3.11. The van der Waals surface area contributed by atoms with E-state index in [0.717, 1.165) is 12.1 Å². The highest BCUT2D eigenvalue weighted by Crippen LogP contribution is 2.28. The van der Waals surface area contributed by atoms with Gasteiger partial charge in [-0.2, -0.15) is 0 Å². The molecule has 1 aliphatic rings. The lowest BCUT2D eigenvalue weighted by molar-refractivity contribution is 0.200. The molecule has 1 aromatic rings. The maximum Gasteiger partial charge on any atom is 0.317 e. The fourth-order valence-electron chi connectivity index (χ4n) is 2.06. The quantitative estimate of drug-likeness (QED) is 0.779. The van der Waals surface area contributed by atoms with Gasteiger partial charge in [0, 0.05) is 19.6 Å². The third kappa shape index (κ3) is 3.54. The Kier molecular flexibility index (Phi) is 5.06. The minimum Gasteiger partial charge on any atom is -0.490 e. The summed E-state index contributed by atoms with van der Waals surface area (Å²) in [5.41, 5.74) is 6.62. The van der Waals surface area contributed by atoms with Gasteiger partial charge in [-0.1, -0.05) is 6.07 Å². The van der Waals surface area contributed by atoms with Crippen LogP contribution in [0.3, 0.4) is 0 Å². The Labute approximate surface area is 118 Å². The molecule has 1 heterocycles. The first-order valence-corrected chi connectivity index (χ1v) is 6.86. The average Bonchev–Trinajstić information content (AvgIpc) is 2.86. The molecule has 2 rings (SSSR count). The number of carbonyl (C=O) groups is 1. The molecule has 0 radical (unpaired) electrons. The topological polar surface area (TPSA) is 76.8 Å². The zero-order chi connectivity index (χ0) is 14.4. The lowest BCUT2D eigenvalue weighted by Gasteiger charge is -2.16. The van der Waals surface area contributed by atoms with E-state index in [1.807, 2.05) is 25.1 Å². The Morgan fingerprint density at radius 1 is 1.35 bits per heavy atom. The van der Waals surface area contributed by atoms with Crippen molar-refractivity contribution in [1.29, 1.82) is 0 Å². The number of nitrogens with two attached hydrogens (primary N) is 1. The van der Waals surface area contributed by atoms with Gasteiger partial charge >= 0.3 is 6.03 Å². The largest absolute Gasteiger partial charge is 0.490 e. The number of benzene rings is 1. The smallest absolute Gasteiger partial charge is 0.317 e. The molecule has 6 heteroatoms. The van der Waals surface area contributed by atoms with E-state index < -0.39 is 0 Å². The summed E-state index contributed by atoms with van der Waals surface area (Å²) in [6.07, 6.45) is 0. The van der Waals surface area contributed by atoms with E-state index in [-0.39, 0.29) is 6.03 Å². The Morgan fingerprint density at radius 3 is 2.85 bits per heavy atom. The molecule has 0 aromatic heterocycles. The Morgan fingerprint density at radius 2 is 2.20 bits per heavy atom. The van der Waals surface area contributed by atoms with Crippen LogP contribution in [-0.4, -0.2) is 43.8 Å². The lowest BCUT2D eigenvalue weighted by Crippen LogP contribution is -2.31. The molecule has 0 unspecified atom stereocenters. The van der Waals surface area contributed by atoms with Crippen LogP contribution in [0.25, 0.3) is 0 Å². The van der Waals surface area contributed by atoms with Crippen LogP contribution in [0.2, 0.25) is 0 Å². The maximum absolute atomic E-state index is 11.4. The van der Waals surface area contributed by atoms with Gasteiger partial charge in [-0.25, -0.2) is 4.79 Å². The molecule has 110 valence electrons. The summed E-state index contributed by atoms with van der Waals surface area (Å²) < 4.78 is 11.3. The van der Waals surface area contributed by atoms with Crippen molar-refractivity contribution in [2.45, 2.75) is 13.5 Å². The Balaban J connectivity index is 1.92. The molecule has 6 nitrogen and oxygen atoms in total. The first-order valence-electron chi connectivity index (χ1n) is 6.86. The van der Waals surface area contributed by atoms with E-state index in [1.165, 1.54) is 0 Å². The predicted octanol–water partition coefficient (Wildman–Crippen LogP) is 0.948. The first kappa shape index (κ1) is 14.5. The highest BCUT2D eigenvalue weighted by molar-refractivity contribution is 5.76. The highest BCUT2D eigenvalue weighted by Gasteiger charge is 2.18. The van der Waals surface area contributed by atoms with E-state index >= 15 is 0 Å². The molecular weight excluding hydrogens is 258 g/mol. The summed E-state index contributed by atoms with van der Waals surface area (Å²) in [4.78, 5) is 13.1. The average molecular weight is 279 g/mol. The zero-order valence-corrected chi connectivity index (χ0v) is 11.7. The number of hydrogen-bond acceptors (Lipinski definition) is 4. The van der Waals surface area contributed by atoms with Crippen LogP contribution in [-0.2, 0) is 6.54 Å². The Bertz CT molecular complexity index is 465. The molecule has 1 aromatic carbocycles. The standard InChI is InChI=1S/C14H21N3O3/c1-2-19-13-9-11(10-15)3-4-12(13)20-8-7-17-6-5-16-14(17)18/h3-4,9H,2,5-8,10,15H2,1H3,(H,16,18). The van der Waals surface area contributed by atoms with Crippen molar-refractivity contribution in [3.05, 3.63) is 23.8 Å². The second-order valence-electron chi connectivity index (χ2n) is 4.49. The fraction of sp³-hybridized carbons (Fsp3) is 0.500. The van der Waals surface area contributed by atoms with Gasteiger partial charge in [-0.05, 0) is 24.6 Å². The number of amides is 2. The highest BCUT2D eigenvalue weighted by atomic mass is 16.5. The second-order valence-corrected chi connectivity index (χ2v) is 4.49. The van der Waals surface area contributed by atoms with Crippen molar-refractivity contribution >= 4 is 6.03 Å². The van der Waals surface area contributed by atoms with Crippen LogP contribution in [0.15, 0.2) is 18.2 Å². The molecule has 3 N–H and O–H groups in total. The van der Waals surface area contributed by atoms with Gasteiger partial charge in [0.25, 0.3) is 0 Å². The molecule has 0 saturated carbocycles. The van der Waals surface area contributed by atoms with Gasteiger partial charge in [-0.3, -0.25) is 0 Å². The number of rotatable bonds is 7. The lowest BCUT2D eigenvalue weighted by atomic mass is 10.2. The van der Waals surface area contributed by atoms with Crippen LogP contribution < -0.4 is 20.5 Å². The molecule has 0 bridgehead atoms. The molecule has 2 amide bonds. The third-order valence-corrected chi connectivity index (χ3v) is 3.11. The summed E-state index contributed by atoms with van der Waals surface area (Å²) in [5, 5.41) is 2.76. The van der Waals surface area contributed by atoms with Gasteiger partial charge < -0.3 is 25.4 Å². The second kappa shape index (κ2) is 7.00. The van der Waals surface area contributed by atoms with E-state index in [1.54, 1.807) is 4.90 Å². The van der Waals surface area contributed by atoms with Crippen LogP contribution in [0.1, 0.15) is 12.5 Å². The Hall–Kier alpha value is -1.95. The van der Waals surface area contributed by atoms with Crippen molar-refractivity contribution < 1.29 is 14.3 Å². The van der Waals surface area contributed by atoms with Gasteiger partial charge in [0.15, 0.2) is 11.5 Å². The monoisotopic (exact) mass is 279 g/mol. The number of urea groups is 1. The number of ether oxygens (including phenoxy) is 2. The zero-order valence-electron chi connectivity index (χ0n) is 11.7. The minimum atomic E-state index is -0.0305. The van der Waals surface area contributed by atoms with Gasteiger partial charge in [0.1, 0.15) is 6.61 Å². The predicted molar refractivity (Wildman–Crippen MR) is 76.0 cm³/mol. The maximum atomic E-state index is 11.4. The molecule has 1 fully saturated rings. The van der Waals surface area contributed by atoms with Crippen molar-refractivity contribution in [3.63, 3.8) is 0 Å². The van der Waals surface area contributed by atoms with Crippen molar-refractivity contribution in [2.75, 3.05) is 32.8 Å². The first-order chi connectivity index (χ1) is 9.74. The number of hydrogen-bond donors (Lipinski definition) is 2. The molecule has 1 aliphatic heterocycles. The van der Waals surface area contributed by atoms with Crippen LogP contribution in [0, 0.1) is 0 Å². The SMILES string of the molecule is CCOc1cc(CN)ccc1OCCN1CCNC1=O. The molecule has 0 atom stereocenters. The summed E-state index contributed by atoms with van der Waals surface area (Å²) in [7, 11) is 0. The minimum absolute atomic E-state index is 0.0305. The summed E-state index contributed by atoms with van der Waals surface area (Å²) in [6, 6.07) is 5.64. The molecule has 0 aliphatic carbocycles. The van der Waals surface area contributed by atoms with Gasteiger partial charge in [-0.15, -0.1) is 0 Å². The van der Waals surface area contributed by atoms with E-state index in [2.05, 4.69) is 5.32 Å². The summed E-state index contributed by atoms with van der Waals surface area (Å²) in [5.74, 6) is 1.38. The van der Waals surface area contributed by atoms with Crippen LogP contribution >= 0.6 is 0 Å². The number of nitrogens with zero attached hydrogens (tertiary/aromatic N) is 1. The van der Waals surface area contributed by atoms with E-state index in [0.29, 0.717) is 44.3 Å². The normalized spacial score (nSPS) is 14.3. The van der Waals surface area contributed by atoms with Crippen LogP contribution in [0.5, 0.6) is 11.5 Å². The van der Waals surface area contributed by atoms with E-state index in [4.69, 9.17) is 15.2 Å². The molecule has 0 spiro atoms.